The highest BCUT2D eigenvalue weighted by Gasteiger charge is 2.34. The number of aliphatic carboxylic acids is 3. The summed E-state index contributed by atoms with van der Waals surface area (Å²) in [5, 5.41) is 46.8. The van der Waals surface area contributed by atoms with Gasteiger partial charge in [-0.25, -0.2) is 4.79 Å². The van der Waals surface area contributed by atoms with E-state index in [1.807, 2.05) is 0 Å². The van der Waals surface area contributed by atoms with Crippen LogP contribution in [0.2, 0.25) is 0 Å². The number of primary amides is 1. The molecule has 1 aromatic carbocycles. The monoisotopic (exact) mass is 680 g/mol. The maximum atomic E-state index is 13.7. The maximum Gasteiger partial charge on any atom is 0.326 e. The molecule has 0 saturated heterocycles. The minimum atomic E-state index is -1.52. The highest BCUT2D eigenvalue weighted by atomic mass is 16.4. The van der Waals surface area contributed by atoms with Crippen LogP contribution in [0.5, 0.6) is 5.75 Å². The Bertz CT molecular complexity index is 1320. The third-order valence-electron chi connectivity index (χ3n) is 7.38. The van der Waals surface area contributed by atoms with E-state index >= 15 is 0 Å². The van der Waals surface area contributed by atoms with Gasteiger partial charge in [-0.05, 0) is 42.9 Å². The molecule has 6 atom stereocenters. The number of benzene rings is 1. The van der Waals surface area contributed by atoms with Crippen LogP contribution in [0.15, 0.2) is 24.3 Å². The Hall–Kier alpha value is -5.26. The molecule has 48 heavy (non-hydrogen) atoms. The number of hydrogen-bond acceptors (Lipinski definition) is 10. The molecule has 0 fully saturated rings. The molecule has 0 saturated carbocycles. The topological polar surface area (TPSA) is 318 Å². The van der Waals surface area contributed by atoms with Crippen molar-refractivity contribution in [2.75, 3.05) is 0 Å². The van der Waals surface area contributed by atoms with Crippen molar-refractivity contribution >= 4 is 47.4 Å². The molecule has 5 amide bonds. The molecule has 12 N–H and O–H groups in total. The standard InChI is InChI=1S/C30H44N6O12/c1-3-15(2)25(29(46)34-20(30(47)48)9-11-22(32)38)36-28(45)21(14-16-4-6-17(37)7-5-16)35-27(44)19(10-13-24(41)42)33-26(43)18(31)8-12-23(39)40/h4-7,15,18-21,25,37H,3,8-14,31H2,1-2H3,(H2,32,38)(H,33,43)(H,34,46)(H,35,44)(H,36,45)(H,39,40)(H,41,42)(H,47,48)/t15-,18-,19-,20-,21-,25-/m0/s1. The van der Waals surface area contributed by atoms with Crippen molar-refractivity contribution in [3.05, 3.63) is 29.8 Å². The number of carbonyl (C=O) groups is 8. The first-order valence-corrected chi connectivity index (χ1v) is 15.1. The summed E-state index contributed by atoms with van der Waals surface area (Å²) in [6.07, 6.45) is -2.22. The zero-order chi connectivity index (χ0) is 36.6. The summed E-state index contributed by atoms with van der Waals surface area (Å²) < 4.78 is 0. The quantitative estimate of drug-likeness (QED) is 0.0655. The highest BCUT2D eigenvalue weighted by molar-refractivity contribution is 5.96. The molecule has 0 aliphatic carbocycles. The van der Waals surface area contributed by atoms with Crippen LogP contribution in [0, 0.1) is 5.92 Å². The molecule has 18 heteroatoms. The summed E-state index contributed by atoms with van der Waals surface area (Å²) in [7, 11) is 0. The van der Waals surface area contributed by atoms with Gasteiger partial charge in [-0.3, -0.25) is 33.6 Å². The lowest BCUT2D eigenvalue weighted by atomic mass is 9.96. The Kier molecular flexibility index (Phi) is 17.1. The number of phenolic OH excluding ortho intramolecular Hbond substituents is 1. The summed E-state index contributed by atoms with van der Waals surface area (Å²) >= 11 is 0. The van der Waals surface area contributed by atoms with Gasteiger partial charge in [-0.1, -0.05) is 32.4 Å². The molecule has 0 unspecified atom stereocenters. The van der Waals surface area contributed by atoms with Crippen LogP contribution in [0.3, 0.4) is 0 Å². The van der Waals surface area contributed by atoms with Crippen LogP contribution in [0.25, 0.3) is 0 Å². The van der Waals surface area contributed by atoms with E-state index in [1.165, 1.54) is 24.3 Å². The smallest absolute Gasteiger partial charge is 0.326 e. The second-order valence-corrected chi connectivity index (χ2v) is 11.2. The second kappa shape index (κ2) is 20.1. The molecular formula is C30H44N6O12. The zero-order valence-corrected chi connectivity index (χ0v) is 26.6. The van der Waals surface area contributed by atoms with Crippen LogP contribution in [-0.4, -0.2) is 98.1 Å². The van der Waals surface area contributed by atoms with E-state index in [0.29, 0.717) is 12.0 Å². The van der Waals surface area contributed by atoms with Gasteiger partial charge >= 0.3 is 17.9 Å². The lowest BCUT2D eigenvalue weighted by molar-refractivity contribution is -0.143. The van der Waals surface area contributed by atoms with Gasteiger partial charge < -0.3 is 53.2 Å². The Morgan fingerprint density at radius 3 is 1.71 bits per heavy atom. The number of aromatic hydroxyl groups is 1. The van der Waals surface area contributed by atoms with Gasteiger partial charge in [0.1, 0.15) is 29.9 Å². The van der Waals surface area contributed by atoms with Crippen LogP contribution in [0.1, 0.15) is 64.4 Å². The first-order valence-electron chi connectivity index (χ1n) is 15.1. The van der Waals surface area contributed by atoms with E-state index in [4.69, 9.17) is 16.6 Å². The third-order valence-corrected chi connectivity index (χ3v) is 7.38. The van der Waals surface area contributed by atoms with Crippen molar-refractivity contribution in [3.63, 3.8) is 0 Å². The fourth-order valence-electron chi connectivity index (χ4n) is 4.34. The molecule has 0 radical (unpaired) electrons. The molecule has 1 aromatic rings. The van der Waals surface area contributed by atoms with E-state index in [1.54, 1.807) is 13.8 Å². The zero-order valence-electron chi connectivity index (χ0n) is 26.6. The largest absolute Gasteiger partial charge is 0.508 e. The number of hydrogen-bond donors (Lipinski definition) is 10. The van der Waals surface area contributed by atoms with Gasteiger partial charge in [-0.2, -0.15) is 0 Å². The number of nitrogens with one attached hydrogen (secondary N) is 4. The first-order chi connectivity index (χ1) is 22.4. The molecule has 266 valence electrons. The van der Waals surface area contributed by atoms with Crippen LogP contribution in [-0.2, 0) is 44.8 Å². The fraction of sp³-hybridized carbons (Fsp3) is 0.533. The Morgan fingerprint density at radius 1 is 0.688 bits per heavy atom. The molecule has 0 bridgehead atoms. The van der Waals surface area contributed by atoms with E-state index in [-0.39, 0.29) is 31.4 Å². The second-order valence-electron chi connectivity index (χ2n) is 11.2. The Balaban J connectivity index is 3.35. The lowest BCUT2D eigenvalue weighted by Gasteiger charge is -2.28. The predicted molar refractivity (Wildman–Crippen MR) is 167 cm³/mol. The van der Waals surface area contributed by atoms with E-state index in [9.17, 15) is 53.7 Å². The molecule has 0 aromatic heterocycles. The van der Waals surface area contributed by atoms with Crippen LogP contribution in [0.4, 0.5) is 0 Å². The summed E-state index contributed by atoms with van der Waals surface area (Å²) in [5.74, 6) is -9.08. The van der Waals surface area contributed by atoms with E-state index in [2.05, 4.69) is 21.3 Å². The molecule has 0 aliphatic heterocycles. The van der Waals surface area contributed by atoms with Gasteiger partial charge in [0.2, 0.25) is 29.5 Å². The Labute approximate surface area is 276 Å². The van der Waals surface area contributed by atoms with Gasteiger partial charge in [0.15, 0.2) is 0 Å². The fourth-order valence-corrected chi connectivity index (χ4v) is 4.34. The van der Waals surface area contributed by atoms with Crippen molar-refractivity contribution < 1.29 is 58.8 Å². The highest BCUT2D eigenvalue weighted by Crippen LogP contribution is 2.14. The van der Waals surface area contributed by atoms with Gasteiger partial charge in [0.25, 0.3) is 0 Å². The number of carbonyl (C=O) groups excluding carboxylic acids is 5. The van der Waals surface area contributed by atoms with E-state index in [0.717, 1.165) is 0 Å². The average Bonchev–Trinajstić information content (AvgIpc) is 3.01. The SMILES string of the molecule is CC[C@H](C)[C@H](NC(=O)[C@H](Cc1ccc(O)cc1)NC(=O)[C@H](CCC(=O)O)NC(=O)[C@@H](N)CCC(=O)O)C(=O)N[C@@H](CCC(N)=O)C(=O)O. The number of amides is 5. The van der Waals surface area contributed by atoms with Gasteiger partial charge in [0.05, 0.1) is 6.04 Å². The molecule has 1 rings (SSSR count). The third kappa shape index (κ3) is 14.9. The number of carboxylic acid groups (broad SMARTS) is 3. The molecule has 0 aliphatic rings. The molecule has 0 heterocycles. The van der Waals surface area contributed by atoms with Gasteiger partial charge in [0, 0.05) is 25.7 Å². The average molecular weight is 681 g/mol. The summed E-state index contributed by atoms with van der Waals surface area (Å²) in [6.45, 7) is 3.33. The predicted octanol–water partition coefficient (Wildman–Crippen LogP) is -1.67. The lowest BCUT2D eigenvalue weighted by Crippen LogP contribution is -2.60. The van der Waals surface area contributed by atoms with Crippen LogP contribution >= 0.6 is 0 Å². The van der Waals surface area contributed by atoms with E-state index < -0.39 is 103 Å². The summed E-state index contributed by atoms with van der Waals surface area (Å²) in [6, 6.07) is -1.55. The number of rotatable bonds is 22. The Morgan fingerprint density at radius 2 is 1.19 bits per heavy atom. The minimum absolute atomic E-state index is 0.0858. The normalized spacial score (nSPS) is 14.6. The van der Waals surface area contributed by atoms with Crippen molar-refractivity contribution in [1.29, 1.82) is 0 Å². The minimum Gasteiger partial charge on any atom is -0.508 e. The molecule has 18 nitrogen and oxygen atoms in total. The van der Waals surface area contributed by atoms with Crippen molar-refractivity contribution in [3.8, 4) is 5.75 Å². The first kappa shape index (κ1) is 40.8. The number of nitrogens with two attached hydrogens (primary N) is 2. The number of phenols is 1. The van der Waals surface area contributed by atoms with Crippen LogP contribution < -0.4 is 32.7 Å². The molecule has 0 spiro atoms. The van der Waals surface area contributed by atoms with Crippen molar-refractivity contribution in [2.24, 2.45) is 17.4 Å². The summed E-state index contributed by atoms with van der Waals surface area (Å²) in [4.78, 5) is 98.1. The summed E-state index contributed by atoms with van der Waals surface area (Å²) in [5.41, 5.74) is 11.3. The molecular weight excluding hydrogens is 636 g/mol. The van der Waals surface area contributed by atoms with Crippen molar-refractivity contribution in [2.45, 2.75) is 95.4 Å². The number of carboxylic acids is 3. The van der Waals surface area contributed by atoms with Crippen molar-refractivity contribution in [1.82, 2.24) is 21.3 Å². The maximum absolute atomic E-state index is 13.7. The van der Waals surface area contributed by atoms with Gasteiger partial charge in [-0.15, -0.1) is 0 Å².